The van der Waals surface area contributed by atoms with Crippen molar-refractivity contribution in [1.82, 2.24) is 4.90 Å². The number of sulfone groups is 1. The van der Waals surface area contributed by atoms with Crippen LogP contribution in [0.5, 0.6) is 5.75 Å². The molecule has 8 heteroatoms. The van der Waals surface area contributed by atoms with E-state index in [-0.39, 0.29) is 11.2 Å². The Balaban J connectivity index is 1.15. The number of fused-ring (bicyclic) bond motifs is 2. The van der Waals surface area contributed by atoms with Crippen molar-refractivity contribution >= 4 is 33.0 Å². The quantitative estimate of drug-likeness (QED) is 0.712. The SMILES string of the molecule is O=C1Nc2ccc(Cl)cc2C12CCN(CCOc1ccc(S(=O)(=O)C3CC3)cc1)CC2. The van der Waals surface area contributed by atoms with Gasteiger partial charge in [0.05, 0.1) is 15.6 Å². The molecule has 1 aliphatic carbocycles. The highest BCUT2D eigenvalue weighted by molar-refractivity contribution is 7.92. The maximum Gasteiger partial charge on any atom is 0.235 e. The minimum absolute atomic E-state index is 0.0712. The van der Waals surface area contributed by atoms with Gasteiger partial charge in [-0.15, -0.1) is 0 Å². The van der Waals surface area contributed by atoms with Gasteiger partial charge in [-0.2, -0.15) is 0 Å². The van der Waals surface area contributed by atoms with E-state index in [2.05, 4.69) is 10.2 Å². The van der Waals surface area contributed by atoms with Crippen LogP contribution < -0.4 is 10.1 Å². The molecule has 0 aromatic heterocycles. The molecule has 0 bridgehead atoms. The zero-order valence-corrected chi connectivity index (χ0v) is 18.7. The summed E-state index contributed by atoms with van der Waals surface area (Å²) in [5.41, 5.74) is 1.40. The van der Waals surface area contributed by atoms with Gasteiger partial charge in [0.2, 0.25) is 5.91 Å². The van der Waals surface area contributed by atoms with Gasteiger partial charge in [0.1, 0.15) is 12.4 Å². The van der Waals surface area contributed by atoms with Crippen molar-refractivity contribution in [3.05, 3.63) is 53.1 Å². The van der Waals surface area contributed by atoms with Crippen LogP contribution in [0.1, 0.15) is 31.2 Å². The first kappa shape index (κ1) is 20.8. The van der Waals surface area contributed by atoms with Crippen molar-refractivity contribution in [3.63, 3.8) is 0 Å². The molecule has 2 fully saturated rings. The first-order chi connectivity index (χ1) is 14.9. The fraction of sp³-hybridized carbons (Fsp3) is 0.435. The second-order valence-electron chi connectivity index (χ2n) is 8.63. The lowest BCUT2D eigenvalue weighted by atomic mass is 9.73. The number of halogens is 1. The molecule has 31 heavy (non-hydrogen) atoms. The number of carbonyl (C=O) groups excluding carboxylic acids is 1. The number of hydrogen-bond acceptors (Lipinski definition) is 5. The summed E-state index contributed by atoms with van der Waals surface area (Å²) >= 11 is 6.18. The summed E-state index contributed by atoms with van der Waals surface area (Å²) < 4.78 is 30.4. The number of nitrogens with zero attached hydrogens (tertiary/aromatic N) is 1. The fourth-order valence-electron chi connectivity index (χ4n) is 4.63. The summed E-state index contributed by atoms with van der Waals surface area (Å²) in [5.74, 6) is 0.740. The monoisotopic (exact) mass is 460 g/mol. The molecule has 6 nitrogen and oxygen atoms in total. The van der Waals surface area contributed by atoms with E-state index in [0.717, 1.165) is 56.6 Å². The molecule has 164 valence electrons. The predicted octanol–water partition coefficient (Wildman–Crippen LogP) is 3.64. The number of rotatable bonds is 6. The maximum absolute atomic E-state index is 12.7. The number of benzene rings is 2. The molecule has 1 saturated heterocycles. The standard InChI is InChI=1S/C23H25ClN2O4S/c24-16-1-8-21-20(15-16)23(22(27)25-21)9-11-26(12-10-23)13-14-30-17-2-4-18(5-3-17)31(28,29)19-6-7-19/h1-5,8,15,19H,6-7,9-14H2,(H,25,27). The molecule has 1 amide bonds. The summed E-state index contributed by atoms with van der Waals surface area (Å²) in [6, 6.07) is 12.3. The Morgan fingerprint density at radius 1 is 1.10 bits per heavy atom. The second kappa shape index (κ2) is 7.80. The van der Waals surface area contributed by atoms with Crippen molar-refractivity contribution in [1.29, 1.82) is 0 Å². The highest BCUT2D eigenvalue weighted by Gasteiger charge is 2.48. The van der Waals surface area contributed by atoms with Gasteiger partial charge in [0.15, 0.2) is 9.84 Å². The van der Waals surface area contributed by atoms with Gasteiger partial charge in [-0.1, -0.05) is 11.6 Å². The molecule has 1 saturated carbocycles. The Morgan fingerprint density at radius 3 is 2.48 bits per heavy atom. The number of likely N-dealkylation sites (tertiary alicyclic amines) is 1. The molecule has 3 aliphatic rings. The summed E-state index contributed by atoms with van der Waals surface area (Å²) in [6.07, 6.45) is 3.02. The largest absolute Gasteiger partial charge is 0.492 e. The van der Waals surface area contributed by atoms with E-state index in [1.165, 1.54) is 0 Å². The van der Waals surface area contributed by atoms with Crippen LogP contribution in [0.3, 0.4) is 0 Å². The number of hydrogen-bond donors (Lipinski definition) is 1. The van der Waals surface area contributed by atoms with Crippen LogP contribution in [0.4, 0.5) is 5.69 Å². The average Bonchev–Trinajstić information content (AvgIpc) is 3.59. The number of amides is 1. The number of anilines is 1. The third-order valence-corrected chi connectivity index (χ3v) is 9.19. The third-order valence-electron chi connectivity index (χ3n) is 6.68. The van der Waals surface area contributed by atoms with Crippen LogP contribution in [-0.2, 0) is 20.0 Å². The molecule has 0 radical (unpaired) electrons. The summed E-state index contributed by atoms with van der Waals surface area (Å²) in [7, 11) is -3.16. The Hall–Kier alpha value is -2.09. The predicted molar refractivity (Wildman–Crippen MR) is 120 cm³/mol. The lowest BCUT2D eigenvalue weighted by Gasteiger charge is -2.37. The molecule has 1 spiro atoms. The van der Waals surface area contributed by atoms with Gasteiger partial charge in [-0.25, -0.2) is 8.42 Å². The second-order valence-corrected chi connectivity index (χ2v) is 11.3. The van der Waals surface area contributed by atoms with Crippen LogP contribution in [0.25, 0.3) is 0 Å². The van der Waals surface area contributed by atoms with Gasteiger partial charge < -0.3 is 10.1 Å². The van der Waals surface area contributed by atoms with Crippen molar-refractivity contribution in [2.45, 2.75) is 41.2 Å². The lowest BCUT2D eigenvalue weighted by Crippen LogP contribution is -2.47. The highest BCUT2D eigenvalue weighted by Crippen LogP contribution is 2.45. The smallest absolute Gasteiger partial charge is 0.235 e. The van der Waals surface area contributed by atoms with Crippen molar-refractivity contribution in [2.75, 3.05) is 31.6 Å². The summed E-state index contributed by atoms with van der Waals surface area (Å²) in [5, 5.41) is 3.46. The highest BCUT2D eigenvalue weighted by atomic mass is 35.5. The number of piperidine rings is 1. The lowest BCUT2D eigenvalue weighted by molar-refractivity contribution is -0.122. The van der Waals surface area contributed by atoms with Crippen LogP contribution in [0.15, 0.2) is 47.4 Å². The maximum atomic E-state index is 12.7. The molecule has 2 aliphatic heterocycles. The van der Waals surface area contributed by atoms with Crippen LogP contribution >= 0.6 is 11.6 Å². The third kappa shape index (κ3) is 3.83. The fourth-order valence-corrected chi connectivity index (χ4v) is 6.46. The van der Waals surface area contributed by atoms with Crippen LogP contribution in [0.2, 0.25) is 5.02 Å². The van der Waals surface area contributed by atoms with Gasteiger partial charge in [-0.05, 0) is 86.8 Å². The van der Waals surface area contributed by atoms with Crippen LogP contribution in [-0.4, -0.2) is 50.7 Å². The molecule has 1 N–H and O–H groups in total. The number of nitrogens with one attached hydrogen (secondary N) is 1. The molecule has 2 heterocycles. The minimum Gasteiger partial charge on any atom is -0.492 e. The Bertz CT molecular complexity index is 1100. The molecule has 0 unspecified atom stereocenters. The van der Waals surface area contributed by atoms with Crippen molar-refractivity contribution in [2.24, 2.45) is 0 Å². The normalized spacial score (nSPS) is 20.5. The topological polar surface area (TPSA) is 75.7 Å². The first-order valence-corrected chi connectivity index (χ1v) is 12.6. The summed E-state index contributed by atoms with van der Waals surface area (Å²) in [6.45, 7) is 2.88. The summed E-state index contributed by atoms with van der Waals surface area (Å²) in [4.78, 5) is 15.4. The minimum atomic E-state index is -3.16. The number of ether oxygens (including phenoxy) is 1. The average molecular weight is 461 g/mol. The van der Waals surface area contributed by atoms with E-state index in [4.69, 9.17) is 16.3 Å². The van der Waals surface area contributed by atoms with E-state index >= 15 is 0 Å². The Labute approximate surface area is 187 Å². The van der Waals surface area contributed by atoms with E-state index < -0.39 is 15.3 Å². The molecule has 0 atom stereocenters. The van der Waals surface area contributed by atoms with Gasteiger partial charge in [-0.3, -0.25) is 9.69 Å². The van der Waals surface area contributed by atoms with E-state index in [0.29, 0.717) is 22.3 Å². The number of carbonyl (C=O) groups is 1. The van der Waals surface area contributed by atoms with E-state index in [1.807, 2.05) is 12.1 Å². The molecule has 2 aromatic carbocycles. The van der Waals surface area contributed by atoms with Crippen molar-refractivity contribution in [3.8, 4) is 5.75 Å². The van der Waals surface area contributed by atoms with E-state index in [1.54, 1.807) is 30.3 Å². The zero-order valence-electron chi connectivity index (χ0n) is 17.1. The molecular weight excluding hydrogens is 436 g/mol. The molecule has 5 rings (SSSR count). The van der Waals surface area contributed by atoms with Gasteiger partial charge in [0, 0.05) is 17.3 Å². The van der Waals surface area contributed by atoms with Crippen LogP contribution in [0, 0.1) is 0 Å². The van der Waals surface area contributed by atoms with E-state index in [9.17, 15) is 13.2 Å². The Morgan fingerprint density at radius 2 is 1.81 bits per heavy atom. The molecule has 2 aromatic rings. The molecular formula is C23H25ClN2O4S. The Kier molecular flexibility index (Phi) is 5.23. The van der Waals surface area contributed by atoms with Gasteiger partial charge >= 0.3 is 0 Å². The van der Waals surface area contributed by atoms with Crippen molar-refractivity contribution < 1.29 is 17.9 Å². The zero-order chi connectivity index (χ0) is 21.6. The first-order valence-electron chi connectivity index (χ1n) is 10.7. The van der Waals surface area contributed by atoms with Gasteiger partial charge in [0.25, 0.3) is 0 Å².